The van der Waals surface area contributed by atoms with Crippen LogP contribution < -0.4 is 19.6 Å². The lowest BCUT2D eigenvalue weighted by Crippen LogP contribution is -2.39. The molecule has 1 unspecified atom stereocenters. The number of thiazole rings is 1. The third-order valence-electron chi connectivity index (χ3n) is 6.22. The Morgan fingerprint density at radius 1 is 1.25 bits per heavy atom. The highest BCUT2D eigenvalue weighted by Gasteiger charge is 2.33. The zero-order chi connectivity index (χ0) is 25.6. The van der Waals surface area contributed by atoms with Gasteiger partial charge < -0.3 is 14.0 Å². The van der Waals surface area contributed by atoms with Crippen LogP contribution in [0.3, 0.4) is 0 Å². The number of allylic oxidation sites excluding steroid dienone is 1. The van der Waals surface area contributed by atoms with E-state index in [2.05, 4.69) is 20.9 Å². The van der Waals surface area contributed by atoms with Crippen LogP contribution >= 0.6 is 27.3 Å². The number of ether oxygens (including phenoxy) is 2. The molecule has 0 saturated carbocycles. The molecule has 3 heterocycles. The minimum absolute atomic E-state index is 0.210. The lowest BCUT2D eigenvalue weighted by atomic mass is 9.96. The molecule has 0 radical (unpaired) electrons. The van der Waals surface area contributed by atoms with Crippen LogP contribution in [0, 0.1) is 0 Å². The number of halogens is 1. The molecule has 0 bridgehead atoms. The Hall–Kier alpha value is -3.43. The molecule has 36 heavy (non-hydrogen) atoms. The molecule has 2 aromatic carbocycles. The number of aryl methyl sites for hydroxylation is 1. The number of benzene rings is 2. The van der Waals surface area contributed by atoms with E-state index in [1.54, 1.807) is 25.5 Å². The van der Waals surface area contributed by atoms with Crippen molar-refractivity contribution in [3.05, 3.63) is 95.2 Å². The molecular weight excluding hydrogens is 542 g/mol. The highest BCUT2D eigenvalue weighted by molar-refractivity contribution is 9.10. The van der Waals surface area contributed by atoms with Crippen molar-refractivity contribution in [3.63, 3.8) is 0 Å². The van der Waals surface area contributed by atoms with Gasteiger partial charge in [-0.15, -0.1) is 0 Å². The van der Waals surface area contributed by atoms with Crippen molar-refractivity contribution in [1.82, 2.24) is 9.13 Å². The Labute approximate surface area is 219 Å². The molecule has 5 rings (SSSR count). The van der Waals surface area contributed by atoms with Crippen molar-refractivity contribution in [2.24, 2.45) is 12.0 Å². The van der Waals surface area contributed by atoms with Gasteiger partial charge in [-0.05, 0) is 59.6 Å². The van der Waals surface area contributed by atoms with Gasteiger partial charge in [-0.3, -0.25) is 9.36 Å². The molecule has 4 aromatic rings. The van der Waals surface area contributed by atoms with Crippen LogP contribution in [0.4, 0.5) is 0 Å². The predicted octanol–water partition coefficient (Wildman–Crippen LogP) is 4.06. The van der Waals surface area contributed by atoms with E-state index in [1.807, 2.05) is 66.4 Å². The molecule has 184 valence electrons. The first kappa shape index (κ1) is 24.3. The maximum atomic E-state index is 13.8. The Bertz CT molecular complexity index is 1730. The third kappa shape index (κ3) is 4.02. The fourth-order valence-corrected chi connectivity index (χ4v) is 6.18. The molecule has 0 N–H and O–H groups in total. The molecule has 9 heteroatoms. The summed E-state index contributed by atoms with van der Waals surface area (Å²) >= 11 is 4.85. The lowest BCUT2D eigenvalue weighted by molar-refractivity contribution is -0.139. The van der Waals surface area contributed by atoms with Crippen molar-refractivity contribution in [2.75, 3.05) is 13.7 Å². The monoisotopic (exact) mass is 565 g/mol. The van der Waals surface area contributed by atoms with Gasteiger partial charge in [0.25, 0.3) is 5.56 Å². The van der Waals surface area contributed by atoms with Crippen molar-refractivity contribution in [3.8, 4) is 5.75 Å². The number of fused-ring (bicyclic) bond motifs is 2. The second-order valence-corrected chi connectivity index (χ2v) is 10.3. The molecule has 2 aromatic heterocycles. The van der Waals surface area contributed by atoms with Crippen molar-refractivity contribution in [2.45, 2.75) is 19.9 Å². The van der Waals surface area contributed by atoms with Crippen LogP contribution in [0.5, 0.6) is 5.75 Å². The minimum Gasteiger partial charge on any atom is -0.496 e. The van der Waals surface area contributed by atoms with E-state index in [-0.39, 0.29) is 12.2 Å². The average Bonchev–Trinajstić information content (AvgIpc) is 3.34. The number of methoxy groups -OCH3 is 1. The summed E-state index contributed by atoms with van der Waals surface area (Å²) < 4.78 is 15.6. The summed E-state index contributed by atoms with van der Waals surface area (Å²) in [6, 6.07) is 12.9. The van der Waals surface area contributed by atoms with E-state index < -0.39 is 12.0 Å². The highest BCUT2D eigenvalue weighted by atomic mass is 79.9. The Morgan fingerprint density at radius 2 is 2.03 bits per heavy atom. The standard InChI is InChI=1S/C27H24BrN3O4S/c1-5-35-26(33)23-15(2)29-27-31(24(23)16-10-11-21(34-4)19(28)12-16)25(32)22(36-27)13-17-14-30(3)20-9-7-6-8-18(17)20/h6-14,24H,5H2,1-4H3/b22-13+. The summed E-state index contributed by atoms with van der Waals surface area (Å²) in [5.74, 6) is 0.166. The van der Waals surface area contributed by atoms with Crippen molar-refractivity contribution in [1.29, 1.82) is 0 Å². The topological polar surface area (TPSA) is 74.8 Å². The van der Waals surface area contributed by atoms with Gasteiger partial charge in [-0.2, -0.15) is 0 Å². The zero-order valence-electron chi connectivity index (χ0n) is 20.2. The van der Waals surface area contributed by atoms with Crippen LogP contribution in [0.1, 0.15) is 31.0 Å². The number of rotatable bonds is 5. The number of carbonyl (C=O) groups excluding carboxylic acids is 1. The summed E-state index contributed by atoms with van der Waals surface area (Å²) in [4.78, 5) is 32.1. The molecule has 0 amide bonds. The number of hydrogen-bond donors (Lipinski definition) is 0. The van der Waals surface area contributed by atoms with Gasteiger partial charge in [0.2, 0.25) is 0 Å². The number of para-hydroxylation sites is 1. The Kier molecular flexibility index (Phi) is 6.44. The number of nitrogens with zero attached hydrogens (tertiary/aromatic N) is 3. The average molecular weight is 566 g/mol. The summed E-state index contributed by atoms with van der Waals surface area (Å²) in [6.45, 7) is 3.76. The van der Waals surface area contributed by atoms with E-state index in [1.165, 1.54) is 11.3 Å². The van der Waals surface area contributed by atoms with Crippen molar-refractivity contribution < 1.29 is 14.3 Å². The largest absolute Gasteiger partial charge is 0.496 e. The first-order valence-corrected chi connectivity index (χ1v) is 13.0. The van der Waals surface area contributed by atoms with E-state index in [4.69, 9.17) is 9.47 Å². The maximum Gasteiger partial charge on any atom is 0.338 e. The van der Waals surface area contributed by atoms with E-state index in [9.17, 15) is 9.59 Å². The van der Waals surface area contributed by atoms with Crippen LogP contribution in [0.2, 0.25) is 0 Å². The fraction of sp³-hybridized carbons (Fsp3) is 0.222. The predicted molar refractivity (Wildman–Crippen MR) is 144 cm³/mol. The summed E-state index contributed by atoms with van der Waals surface area (Å²) in [5, 5.41) is 1.06. The number of hydrogen-bond acceptors (Lipinski definition) is 6. The molecule has 7 nitrogen and oxygen atoms in total. The van der Waals surface area contributed by atoms with Crippen LogP contribution in [0.25, 0.3) is 17.0 Å². The van der Waals surface area contributed by atoms with Crippen LogP contribution in [-0.2, 0) is 16.6 Å². The summed E-state index contributed by atoms with van der Waals surface area (Å²) in [5.41, 5.74) is 3.44. The second-order valence-electron chi connectivity index (χ2n) is 8.41. The zero-order valence-corrected chi connectivity index (χ0v) is 22.6. The highest BCUT2D eigenvalue weighted by Crippen LogP contribution is 2.35. The third-order valence-corrected chi connectivity index (χ3v) is 7.83. The molecule has 1 atom stereocenters. The van der Waals surface area contributed by atoms with Crippen LogP contribution in [-0.4, -0.2) is 28.8 Å². The van der Waals surface area contributed by atoms with E-state index >= 15 is 0 Å². The molecule has 0 aliphatic carbocycles. The summed E-state index contributed by atoms with van der Waals surface area (Å²) in [6.07, 6.45) is 3.91. The van der Waals surface area contributed by atoms with Crippen molar-refractivity contribution >= 4 is 50.2 Å². The Morgan fingerprint density at radius 3 is 2.75 bits per heavy atom. The molecular formula is C27H24BrN3O4S. The Balaban J connectivity index is 1.75. The first-order valence-electron chi connectivity index (χ1n) is 11.4. The second kappa shape index (κ2) is 9.55. The molecule has 1 aliphatic rings. The van der Waals surface area contributed by atoms with Gasteiger partial charge in [0.15, 0.2) is 4.80 Å². The van der Waals surface area contributed by atoms with Gasteiger partial charge >= 0.3 is 5.97 Å². The molecule has 0 saturated heterocycles. The SMILES string of the molecule is CCOC(=O)C1=C(C)N=c2s/c(=C/c3cn(C)c4ccccc34)c(=O)n2C1c1ccc(OC)c(Br)c1. The first-order chi connectivity index (χ1) is 17.3. The fourth-order valence-electron chi connectivity index (χ4n) is 4.59. The van der Waals surface area contributed by atoms with Gasteiger partial charge in [-0.1, -0.05) is 35.6 Å². The lowest BCUT2D eigenvalue weighted by Gasteiger charge is -2.25. The molecule has 0 spiro atoms. The van der Waals surface area contributed by atoms with Gasteiger partial charge in [0.1, 0.15) is 5.75 Å². The van der Waals surface area contributed by atoms with E-state index in [0.29, 0.717) is 26.4 Å². The normalized spacial score (nSPS) is 15.7. The van der Waals surface area contributed by atoms with Gasteiger partial charge in [0.05, 0.1) is 40.0 Å². The van der Waals surface area contributed by atoms with Gasteiger partial charge in [0, 0.05) is 29.7 Å². The van der Waals surface area contributed by atoms with Gasteiger partial charge in [-0.25, -0.2) is 9.79 Å². The molecule has 1 aliphatic heterocycles. The quantitative estimate of drug-likeness (QED) is 0.342. The number of carbonyl (C=O) groups is 1. The number of esters is 1. The summed E-state index contributed by atoms with van der Waals surface area (Å²) in [7, 11) is 3.57. The minimum atomic E-state index is -0.683. The van der Waals surface area contributed by atoms with E-state index in [0.717, 1.165) is 26.5 Å². The maximum absolute atomic E-state index is 13.8. The molecule has 0 fully saturated rings. The number of aromatic nitrogens is 2. The van der Waals surface area contributed by atoms with Crippen LogP contribution in [0.15, 0.2) is 74.2 Å². The smallest absolute Gasteiger partial charge is 0.338 e.